The minimum absolute atomic E-state index is 0.444. The van der Waals surface area contributed by atoms with Gasteiger partial charge in [-0.15, -0.1) is 0 Å². The Morgan fingerprint density at radius 1 is 1.23 bits per heavy atom. The minimum Gasteiger partial charge on any atom is -0.495 e. The van der Waals surface area contributed by atoms with Crippen LogP contribution in [-0.4, -0.2) is 42.9 Å². The quantitative estimate of drug-likeness (QED) is 0.753. The Hall–Kier alpha value is -1.30. The van der Waals surface area contributed by atoms with Gasteiger partial charge >= 0.3 is 0 Å². The van der Waals surface area contributed by atoms with Gasteiger partial charge in [0.05, 0.1) is 18.2 Å². The molecule has 0 spiro atoms. The van der Waals surface area contributed by atoms with Gasteiger partial charge < -0.3 is 15.2 Å². The monoisotopic (exact) mass is 394 g/mol. The first-order chi connectivity index (χ1) is 12.6. The second-order valence-corrected chi connectivity index (χ2v) is 7.46. The molecule has 0 fully saturated rings. The molecule has 0 aromatic heterocycles. The highest BCUT2D eigenvalue weighted by atomic mass is 35.5. The second kappa shape index (κ2) is 9.07. The molecule has 1 atom stereocenters. The van der Waals surface area contributed by atoms with Crippen molar-refractivity contribution in [2.75, 3.05) is 26.7 Å². The van der Waals surface area contributed by atoms with Crippen molar-refractivity contribution in [3.63, 3.8) is 0 Å². The van der Waals surface area contributed by atoms with Crippen LogP contribution in [0.25, 0.3) is 0 Å². The lowest BCUT2D eigenvalue weighted by Crippen LogP contribution is -2.40. The molecule has 4 nitrogen and oxygen atoms in total. The summed E-state index contributed by atoms with van der Waals surface area (Å²) in [7, 11) is 1.58. The zero-order valence-corrected chi connectivity index (χ0v) is 16.4. The van der Waals surface area contributed by atoms with Gasteiger partial charge in [0.1, 0.15) is 5.75 Å². The average Bonchev–Trinajstić information content (AvgIpc) is 2.61. The smallest absolute Gasteiger partial charge is 0.142 e. The van der Waals surface area contributed by atoms with Crippen molar-refractivity contribution in [3.05, 3.63) is 63.1 Å². The molecule has 140 valence electrons. The molecule has 26 heavy (non-hydrogen) atoms. The molecule has 1 aliphatic rings. The maximum Gasteiger partial charge on any atom is 0.142 e. The number of fused-ring (bicyclic) bond motifs is 1. The van der Waals surface area contributed by atoms with Crippen molar-refractivity contribution in [1.82, 2.24) is 10.2 Å². The fraction of sp³-hybridized carbons (Fsp3) is 0.400. The van der Waals surface area contributed by atoms with Crippen LogP contribution in [0.1, 0.15) is 16.7 Å². The van der Waals surface area contributed by atoms with E-state index in [0.29, 0.717) is 35.4 Å². The number of nitrogens with zero attached hydrogens (tertiary/aromatic N) is 1. The van der Waals surface area contributed by atoms with Crippen LogP contribution < -0.4 is 10.1 Å². The Morgan fingerprint density at radius 3 is 2.77 bits per heavy atom. The number of β-amino-alcohol motifs (C(OH)–C–C–N with tert-alkyl or cyclic N) is 1. The largest absolute Gasteiger partial charge is 0.495 e. The highest BCUT2D eigenvalue weighted by molar-refractivity contribution is 6.35. The zero-order chi connectivity index (χ0) is 18.5. The van der Waals surface area contributed by atoms with Gasteiger partial charge in [-0.25, -0.2) is 0 Å². The topological polar surface area (TPSA) is 44.7 Å². The summed E-state index contributed by atoms with van der Waals surface area (Å²) >= 11 is 12.2. The van der Waals surface area contributed by atoms with Crippen LogP contribution in [0.5, 0.6) is 5.75 Å². The van der Waals surface area contributed by atoms with Gasteiger partial charge in [0.2, 0.25) is 0 Å². The lowest BCUT2D eigenvalue weighted by Gasteiger charge is -2.30. The molecule has 1 heterocycles. The lowest BCUT2D eigenvalue weighted by molar-refractivity contribution is 0.104. The molecule has 2 aromatic carbocycles. The standard InChI is InChI=1S/C20H24Cl2N2O2/c1-26-20-16(8-17(21)9-19(20)22)10-23-11-18(25)13-24-7-6-14-4-2-3-5-15(14)12-24/h2-5,8-9,18,23,25H,6-7,10-13H2,1H3. The molecule has 1 unspecified atom stereocenters. The van der Waals surface area contributed by atoms with E-state index in [1.807, 2.05) is 6.07 Å². The normalized spacial score (nSPS) is 15.5. The molecule has 0 saturated heterocycles. The molecule has 1 aliphatic heterocycles. The zero-order valence-electron chi connectivity index (χ0n) is 14.8. The molecule has 0 radical (unpaired) electrons. The van der Waals surface area contributed by atoms with Gasteiger partial charge in [0.15, 0.2) is 0 Å². The van der Waals surface area contributed by atoms with E-state index in [4.69, 9.17) is 27.9 Å². The summed E-state index contributed by atoms with van der Waals surface area (Å²) in [5, 5.41) is 14.7. The van der Waals surface area contributed by atoms with Crippen molar-refractivity contribution in [3.8, 4) is 5.75 Å². The third-order valence-electron chi connectivity index (χ3n) is 4.66. The number of aliphatic hydroxyl groups excluding tert-OH is 1. The fourth-order valence-electron chi connectivity index (χ4n) is 3.42. The lowest BCUT2D eigenvalue weighted by atomic mass is 10.00. The number of rotatable bonds is 7. The van der Waals surface area contributed by atoms with Crippen LogP contribution in [0.15, 0.2) is 36.4 Å². The summed E-state index contributed by atoms with van der Waals surface area (Å²) in [4.78, 5) is 2.30. The summed E-state index contributed by atoms with van der Waals surface area (Å²) < 4.78 is 5.34. The van der Waals surface area contributed by atoms with E-state index in [2.05, 4.69) is 34.5 Å². The van der Waals surface area contributed by atoms with E-state index in [9.17, 15) is 5.11 Å². The number of ether oxygens (including phenoxy) is 1. The van der Waals surface area contributed by atoms with Crippen LogP contribution >= 0.6 is 23.2 Å². The maximum atomic E-state index is 10.4. The summed E-state index contributed by atoms with van der Waals surface area (Å²) in [6, 6.07) is 12.0. The first-order valence-electron chi connectivity index (χ1n) is 8.76. The summed E-state index contributed by atoms with van der Waals surface area (Å²) in [6.45, 7) is 3.54. The van der Waals surface area contributed by atoms with Gasteiger partial charge in [0, 0.05) is 43.3 Å². The van der Waals surface area contributed by atoms with Crippen LogP contribution in [-0.2, 0) is 19.5 Å². The predicted molar refractivity (Wildman–Crippen MR) is 106 cm³/mol. The molecule has 0 aliphatic carbocycles. The Morgan fingerprint density at radius 2 is 2.00 bits per heavy atom. The number of aliphatic hydroxyl groups is 1. The average molecular weight is 395 g/mol. The van der Waals surface area contributed by atoms with Crippen molar-refractivity contribution < 1.29 is 9.84 Å². The summed E-state index contributed by atoms with van der Waals surface area (Å²) in [5.41, 5.74) is 3.66. The van der Waals surface area contributed by atoms with E-state index in [-0.39, 0.29) is 0 Å². The number of halogens is 2. The van der Waals surface area contributed by atoms with Crippen LogP contribution in [0.2, 0.25) is 10.0 Å². The Balaban J connectivity index is 1.49. The highest BCUT2D eigenvalue weighted by Crippen LogP contribution is 2.32. The van der Waals surface area contributed by atoms with Crippen molar-refractivity contribution >= 4 is 23.2 Å². The predicted octanol–water partition coefficient (Wildman–Crippen LogP) is 3.51. The van der Waals surface area contributed by atoms with Crippen LogP contribution in [0.4, 0.5) is 0 Å². The summed E-state index contributed by atoms with van der Waals surface area (Å²) in [5.74, 6) is 0.616. The second-order valence-electron chi connectivity index (χ2n) is 6.62. The molecule has 0 bridgehead atoms. The van der Waals surface area contributed by atoms with Gasteiger partial charge in [0.25, 0.3) is 0 Å². The van der Waals surface area contributed by atoms with E-state index in [1.54, 1.807) is 13.2 Å². The third-order valence-corrected chi connectivity index (χ3v) is 5.16. The first-order valence-corrected chi connectivity index (χ1v) is 9.52. The molecule has 6 heteroatoms. The number of hydrogen-bond acceptors (Lipinski definition) is 4. The third kappa shape index (κ3) is 4.90. The number of hydrogen-bond donors (Lipinski definition) is 2. The van der Waals surface area contributed by atoms with Crippen LogP contribution in [0.3, 0.4) is 0 Å². The molecule has 0 amide bonds. The highest BCUT2D eigenvalue weighted by Gasteiger charge is 2.18. The van der Waals surface area contributed by atoms with E-state index < -0.39 is 6.10 Å². The molecular weight excluding hydrogens is 371 g/mol. The van der Waals surface area contributed by atoms with Crippen LogP contribution in [0, 0.1) is 0 Å². The Labute approximate surface area is 164 Å². The van der Waals surface area contributed by atoms with Gasteiger partial charge in [-0.2, -0.15) is 0 Å². The molecule has 2 N–H and O–H groups in total. The van der Waals surface area contributed by atoms with E-state index >= 15 is 0 Å². The fourth-order valence-corrected chi connectivity index (χ4v) is 4.03. The number of benzene rings is 2. The minimum atomic E-state index is -0.444. The maximum absolute atomic E-state index is 10.4. The number of methoxy groups -OCH3 is 1. The van der Waals surface area contributed by atoms with Crippen molar-refractivity contribution in [2.45, 2.75) is 25.6 Å². The van der Waals surface area contributed by atoms with Crippen molar-refractivity contribution in [1.29, 1.82) is 0 Å². The number of nitrogens with one attached hydrogen (secondary N) is 1. The molecule has 3 rings (SSSR count). The van der Waals surface area contributed by atoms with E-state index in [0.717, 1.165) is 25.1 Å². The van der Waals surface area contributed by atoms with Crippen molar-refractivity contribution in [2.24, 2.45) is 0 Å². The Kier molecular flexibility index (Phi) is 6.79. The van der Waals surface area contributed by atoms with E-state index in [1.165, 1.54) is 11.1 Å². The first kappa shape index (κ1) is 19.5. The summed E-state index contributed by atoms with van der Waals surface area (Å²) in [6.07, 6.45) is 0.593. The molecule has 2 aromatic rings. The molecule has 0 saturated carbocycles. The molecular formula is C20H24Cl2N2O2. The SMILES string of the molecule is COc1c(Cl)cc(Cl)cc1CNCC(O)CN1CCc2ccccc2C1. The van der Waals surface area contributed by atoms with Gasteiger partial charge in [-0.1, -0.05) is 47.5 Å². The van der Waals surface area contributed by atoms with Gasteiger partial charge in [-0.05, 0) is 29.7 Å². The van der Waals surface area contributed by atoms with Gasteiger partial charge in [-0.3, -0.25) is 4.90 Å². The Bertz CT molecular complexity index is 755.